The quantitative estimate of drug-likeness (QED) is 0.655. The van der Waals surface area contributed by atoms with Gasteiger partial charge in [-0.1, -0.05) is 32.0 Å². The molecule has 0 fully saturated rings. The lowest BCUT2D eigenvalue weighted by Gasteiger charge is -2.12. The number of halogens is 1. The molecule has 0 heterocycles. The highest BCUT2D eigenvalue weighted by molar-refractivity contribution is 6.17. The molecule has 2 heteroatoms. The van der Waals surface area contributed by atoms with Crippen molar-refractivity contribution in [3.05, 3.63) is 59.2 Å². The number of alkyl halides is 1. The zero-order valence-corrected chi connectivity index (χ0v) is 12.4. The summed E-state index contributed by atoms with van der Waals surface area (Å²) in [6.45, 7) is 6.53. The fraction of sp³-hybridized carbons (Fsp3) is 0.294. The van der Waals surface area contributed by atoms with Crippen LogP contribution in [0.4, 0.5) is 0 Å². The first kappa shape index (κ1) is 14.0. The Labute approximate surface area is 120 Å². The highest BCUT2D eigenvalue weighted by Crippen LogP contribution is 2.27. The minimum Gasteiger partial charge on any atom is -0.457 e. The maximum absolute atomic E-state index is 5.85. The van der Waals surface area contributed by atoms with Gasteiger partial charge >= 0.3 is 0 Å². The fourth-order valence-corrected chi connectivity index (χ4v) is 2.32. The van der Waals surface area contributed by atoms with Crippen LogP contribution < -0.4 is 4.74 Å². The molecule has 0 radical (unpaired) electrons. The normalized spacial score (nSPS) is 10.8. The third kappa shape index (κ3) is 3.51. The molecule has 0 amide bonds. The number of ether oxygens (including phenoxy) is 1. The van der Waals surface area contributed by atoms with E-state index in [-0.39, 0.29) is 0 Å². The van der Waals surface area contributed by atoms with Gasteiger partial charge in [0.15, 0.2) is 0 Å². The molecule has 0 aliphatic carbocycles. The van der Waals surface area contributed by atoms with E-state index in [4.69, 9.17) is 16.3 Å². The molecular weight excluding hydrogens is 256 g/mol. The lowest BCUT2D eigenvalue weighted by Crippen LogP contribution is -1.93. The van der Waals surface area contributed by atoms with Crippen LogP contribution in [-0.2, 0) is 5.88 Å². The summed E-state index contributed by atoms with van der Waals surface area (Å²) in [5.41, 5.74) is 3.73. The monoisotopic (exact) mass is 274 g/mol. The van der Waals surface area contributed by atoms with E-state index in [1.54, 1.807) is 0 Å². The van der Waals surface area contributed by atoms with Crippen LogP contribution in [0, 0.1) is 6.92 Å². The van der Waals surface area contributed by atoms with Gasteiger partial charge in [0.1, 0.15) is 11.5 Å². The summed E-state index contributed by atoms with van der Waals surface area (Å²) in [4.78, 5) is 0. The second kappa shape index (κ2) is 6.12. The number of benzene rings is 2. The van der Waals surface area contributed by atoms with E-state index >= 15 is 0 Å². The molecule has 2 aromatic carbocycles. The van der Waals surface area contributed by atoms with Gasteiger partial charge in [-0.3, -0.25) is 0 Å². The van der Waals surface area contributed by atoms with Gasteiger partial charge in [-0.25, -0.2) is 0 Å². The number of hydrogen-bond donors (Lipinski definition) is 0. The molecule has 19 heavy (non-hydrogen) atoms. The van der Waals surface area contributed by atoms with Gasteiger partial charge < -0.3 is 4.74 Å². The fourth-order valence-electron chi connectivity index (χ4n) is 2.14. The smallest absolute Gasteiger partial charge is 0.127 e. The average molecular weight is 275 g/mol. The van der Waals surface area contributed by atoms with Crippen LogP contribution in [0.5, 0.6) is 11.5 Å². The van der Waals surface area contributed by atoms with Crippen LogP contribution in [-0.4, -0.2) is 0 Å². The summed E-state index contributed by atoms with van der Waals surface area (Å²) in [7, 11) is 0. The first-order valence-electron chi connectivity index (χ1n) is 6.53. The van der Waals surface area contributed by atoms with Crippen LogP contribution >= 0.6 is 11.6 Å². The standard InChI is InChI=1S/C17H19ClO/c1-12(2)17-9-8-16(10-13(17)3)19-15-6-4-14(11-18)5-7-15/h4-10,12H,11H2,1-3H3. The third-order valence-corrected chi connectivity index (χ3v) is 3.49. The third-order valence-electron chi connectivity index (χ3n) is 3.18. The zero-order chi connectivity index (χ0) is 13.8. The van der Waals surface area contributed by atoms with Crippen LogP contribution in [0.1, 0.15) is 36.5 Å². The van der Waals surface area contributed by atoms with Crippen molar-refractivity contribution in [2.24, 2.45) is 0 Å². The van der Waals surface area contributed by atoms with E-state index in [1.807, 2.05) is 30.3 Å². The van der Waals surface area contributed by atoms with Crippen LogP contribution in [0.15, 0.2) is 42.5 Å². The molecule has 2 aromatic rings. The van der Waals surface area contributed by atoms with Gasteiger partial charge in [-0.15, -0.1) is 11.6 Å². The van der Waals surface area contributed by atoms with Crippen molar-refractivity contribution in [2.45, 2.75) is 32.6 Å². The van der Waals surface area contributed by atoms with Crippen LogP contribution in [0.25, 0.3) is 0 Å². The lowest BCUT2D eigenvalue weighted by molar-refractivity contribution is 0.481. The van der Waals surface area contributed by atoms with Gasteiger partial charge in [0.25, 0.3) is 0 Å². The molecule has 1 nitrogen and oxygen atoms in total. The molecule has 0 saturated carbocycles. The van der Waals surface area contributed by atoms with Crippen molar-refractivity contribution in [3.8, 4) is 11.5 Å². The number of rotatable bonds is 4. The minimum absolute atomic E-state index is 0.530. The maximum atomic E-state index is 5.85. The van der Waals surface area contributed by atoms with Crippen molar-refractivity contribution in [3.63, 3.8) is 0 Å². The summed E-state index contributed by atoms with van der Waals surface area (Å²) in [5.74, 6) is 2.78. The van der Waals surface area contributed by atoms with Crippen LogP contribution in [0.2, 0.25) is 0 Å². The molecule has 0 N–H and O–H groups in total. The van der Waals surface area contributed by atoms with Gasteiger partial charge in [-0.05, 0) is 53.8 Å². The molecule has 0 bridgehead atoms. The molecule has 0 spiro atoms. The van der Waals surface area contributed by atoms with Crippen molar-refractivity contribution in [1.82, 2.24) is 0 Å². The highest BCUT2D eigenvalue weighted by Gasteiger charge is 2.05. The summed E-state index contributed by atoms with van der Waals surface area (Å²) < 4.78 is 5.85. The first-order chi connectivity index (χ1) is 9.10. The Bertz CT molecular complexity index is 544. The van der Waals surface area contributed by atoms with E-state index in [0.717, 1.165) is 17.1 Å². The minimum atomic E-state index is 0.530. The molecule has 0 atom stereocenters. The predicted molar refractivity (Wildman–Crippen MR) is 81.3 cm³/mol. The van der Waals surface area contributed by atoms with Gasteiger partial charge in [-0.2, -0.15) is 0 Å². The Kier molecular flexibility index (Phi) is 4.49. The molecule has 0 saturated heterocycles. The summed E-state index contributed by atoms with van der Waals surface area (Å²) in [6.07, 6.45) is 0. The van der Waals surface area contributed by atoms with E-state index < -0.39 is 0 Å². The molecule has 0 aromatic heterocycles. The molecule has 0 aliphatic rings. The number of aryl methyl sites for hydroxylation is 1. The van der Waals surface area contributed by atoms with Gasteiger partial charge in [0.05, 0.1) is 0 Å². The van der Waals surface area contributed by atoms with Crippen LogP contribution in [0.3, 0.4) is 0 Å². The molecule has 2 rings (SSSR count). The Hall–Kier alpha value is -1.47. The maximum Gasteiger partial charge on any atom is 0.127 e. The highest BCUT2D eigenvalue weighted by atomic mass is 35.5. The van der Waals surface area contributed by atoms with E-state index in [2.05, 4.69) is 32.9 Å². The summed E-state index contributed by atoms with van der Waals surface area (Å²) in [5, 5.41) is 0. The topological polar surface area (TPSA) is 9.23 Å². The summed E-state index contributed by atoms with van der Waals surface area (Å²) >= 11 is 5.77. The Morgan fingerprint density at radius 3 is 2.16 bits per heavy atom. The van der Waals surface area contributed by atoms with E-state index in [1.165, 1.54) is 11.1 Å². The zero-order valence-electron chi connectivity index (χ0n) is 11.6. The largest absolute Gasteiger partial charge is 0.457 e. The second-order valence-electron chi connectivity index (χ2n) is 5.05. The number of hydrogen-bond acceptors (Lipinski definition) is 1. The van der Waals surface area contributed by atoms with Crippen molar-refractivity contribution in [1.29, 1.82) is 0 Å². The first-order valence-corrected chi connectivity index (χ1v) is 7.07. The second-order valence-corrected chi connectivity index (χ2v) is 5.32. The summed E-state index contributed by atoms with van der Waals surface area (Å²) in [6, 6.07) is 14.1. The Morgan fingerprint density at radius 1 is 1.00 bits per heavy atom. The van der Waals surface area contributed by atoms with E-state index in [9.17, 15) is 0 Å². The predicted octanol–water partition coefficient (Wildman–Crippen LogP) is 5.65. The Balaban J connectivity index is 2.16. The van der Waals surface area contributed by atoms with Crippen molar-refractivity contribution >= 4 is 11.6 Å². The van der Waals surface area contributed by atoms with E-state index in [0.29, 0.717) is 11.8 Å². The van der Waals surface area contributed by atoms with Crippen molar-refractivity contribution in [2.75, 3.05) is 0 Å². The van der Waals surface area contributed by atoms with Crippen molar-refractivity contribution < 1.29 is 4.74 Å². The van der Waals surface area contributed by atoms with Gasteiger partial charge in [0, 0.05) is 5.88 Å². The molecular formula is C17H19ClO. The average Bonchev–Trinajstić information content (AvgIpc) is 2.39. The van der Waals surface area contributed by atoms with Gasteiger partial charge in [0.2, 0.25) is 0 Å². The Morgan fingerprint density at radius 2 is 1.63 bits per heavy atom. The SMILES string of the molecule is Cc1cc(Oc2ccc(CCl)cc2)ccc1C(C)C. The molecule has 100 valence electrons. The lowest BCUT2D eigenvalue weighted by atomic mass is 9.98. The molecule has 0 aliphatic heterocycles. The molecule has 0 unspecified atom stereocenters.